The topological polar surface area (TPSA) is 551 Å². The zero-order valence-electron chi connectivity index (χ0n) is 56.0. The monoisotopic (exact) mass is 1510 g/mol. The molecule has 0 unspecified atom stereocenters. The molecule has 102 heavy (non-hydrogen) atoms. The molecule has 9 N–H and O–H groups in total. The van der Waals surface area contributed by atoms with Crippen LogP contribution in [0.5, 0.6) is 0 Å². The van der Waals surface area contributed by atoms with Gasteiger partial charge in [-0.1, -0.05) is 60.7 Å². The molecule has 5 aliphatic heterocycles. The number of carboxylic acid groups (broad SMARTS) is 2. The molecule has 3 amide bonds. The van der Waals surface area contributed by atoms with Gasteiger partial charge >= 0.3 is 24.1 Å². The fraction of sp³-hybridized carbons (Fsp3) is 0.712. The van der Waals surface area contributed by atoms with E-state index in [9.17, 15) is 80.6 Å². The zero-order valence-corrected chi connectivity index (χ0v) is 57.6. The average Bonchev–Trinajstić information content (AvgIpc) is 0.767. The van der Waals surface area contributed by atoms with Crippen molar-refractivity contribution in [3.05, 3.63) is 71.8 Å². The van der Waals surface area contributed by atoms with Crippen LogP contribution < -0.4 is 16.0 Å². The molecule has 5 heterocycles. The number of aliphatic hydroxyl groups excluding tert-OH is 4. The van der Waals surface area contributed by atoms with Gasteiger partial charge in [0.2, 0.25) is 26.7 Å². The third-order valence-corrected chi connectivity index (χ3v) is 17.8. The summed E-state index contributed by atoms with van der Waals surface area (Å²) in [6, 6.07) is 15.3. The fourth-order valence-electron chi connectivity index (χ4n) is 12.2. The minimum atomic E-state index is -5.90. The second-order valence-corrected chi connectivity index (χ2v) is 25.2. The molecule has 26 atom stereocenters. The summed E-state index contributed by atoms with van der Waals surface area (Å²) in [4.78, 5) is 66.0. The van der Waals surface area contributed by atoms with Crippen molar-refractivity contribution >= 4 is 50.8 Å². The zero-order chi connectivity index (χ0) is 74.8. The minimum Gasteiger partial charge on any atom is -0.726 e. The van der Waals surface area contributed by atoms with Gasteiger partial charge in [-0.2, -0.15) is 0 Å². The first-order valence-electron chi connectivity index (χ1n) is 31.2. The van der Waals surface area contributed by atoms with E-state index in [2.05, 4.69) is 20.1 Å². The molecule has 2 aromatic rings. The van der Waals surface area contributed by atoms with Crippen LogP contribution in [-0.2, 0) is 147 Å². The lowest BCUT2D eigenvalue weighted by Crippen LogP contribution is -2.69. The number of carboxylic acids is 2. The second kappa shape index (κ2) is 39.1. The second-order valence-electron chi connectivity index (χ2n) is 23.1. The van der Waals surface area contributed by atoms with Crippen molar-refractivity contribution in [3.8, 4) is 0 Å². The summed E-state index contributed by atoms with van der Waals surface area (Å²) in [6.07, 6.45) is -47.2. The quantitative estimate of drug-likeness (QED) is 0.0228. The molecular formula is C59H85N3O38S2-2. The Balaban J connectivity index is 1.08. The summed E-state index contributed by atoms with van der Waals surface area (Å²) in [7, 11) is -2.35. The number of rotatable bonds is 36. The van der Waals surface area contributed by atoms with Gasteiger partial charge in [0.1, 0.15) is 129 Å². The van der Waals surface area contributed by atoms with E-state index in [4.69, 9.17) is 94.2 Å². The predicted octanol–water partition coefficient (Wildman–Crippen LogP) is -4.76. The molecule has 41 nitrogen and oxygen atoms in total. The van der Waals surface area contributed by atoms with E-state index in [1.807, 2.05) is 0 Å². The number of methoxy groups -OCH3 is 8. The van der Waals surface area contributed by atoms with Crippen LogP contribution in [0.3, 0.4) is 0 Å². The van der Waals surface area contributed by atoms with Gasteiger partial charge in [0.15, 0.2) is 37.4 Å². The lowest BCUT2D eigenvalue weighted by molar-refractivity contribution is -0.390. The Kier molecular flexibility index (Phi) is 32.0. The highest BCUT2D eigenvalue weighted by Gasteiger charge is 2.60. The van der Waals surface area contributed by atoms with E-state index in [1.54, 1.807) is 60.7 Å². The Bertz CT molecular complexity index is 3190. The summed E-state index contributed by atoms with van der Waals surface area (Å²) in [5, 5.41) is 73.0. The summed E-state index contributed by atoms with van der Waals surface area (Å²) in [5.74, 6) is -4.54. The molecule has 0 aliphatic carbocycles. The van der Waals surface area contributed by atoms with Crippen LogP contribution in [0.2, 0.25) is 0 Å². The van der Waals surface area contributed by atoms with Gasteiger partial charge in [-0.15, -0.1) is 0 Å². The lowest BCUT2D eigenvalue weighted by atomic mass is 9.92. The first-order valence-corrected chi connectivity index (χ1v) is 33.9. The number of hydrogen-bond donors (Lipinski definition) is 9. The summed E-state index contributed by atoms with van der Waals surface area (Å²) in [6.45, 7) is -4.57. The SMILES string of the molecule is CO[C@@H]1[C@@H](OC)[C@H](O[C@H]2[C@H](O)[C@@H](O)[C@@H](O[C@H]3[C@H](OC)[C@@H](OC)[C@H](O[C@H]4[C@H](OS(=O)(=O)[O-])[C@@H](OC)[C@@H](CCNC(=O)[C@@H](CNC(=O)OCc5ccccc5)NC(=O)OCc5ccccc5)O[C@@H]4COS(=O)(=O)[O-])O[C@H]3C(=O)O)O[C@@H]2CO)O[C@H](C(=O)O)[C@H]1O[C@H]1O[C@H](CO)[C@@H](OC)[C@H](OC)[C@H]1OC. The Hall–Kier alpha value is -5.71. The number of aliphatic carboxylic acids is 2. The number of alkyl carbamates (subject to hydrolysis) is 2. The normalized spacial score (nSPS) is 34.7. The van der Waals surface area contributed by atoms with Crippen molar-refractivity contribution in [1.82, 2.24) is 16.0 Å². The molecular weight excluding hydrogens is 1420 g/mol. The number of carbonyl (C=O) groups excluding carboxylic acids is 3. The van der Waals surface area contributed by atoms with Crippen LogP contribution in [-0.4, -0.2) is 336 Å². The van der Waals surface area contributed by atoms with Crippen molar-refractivity contribution in [2.75, 3.05) is 89.8 Å². The highest BCUT2D eigenvalue weighted by atomic mass is 32.3. The highest BCUT2D eigenvalue weighted by molar-refractivity contribution is 7.81. The molecule has 0 radical (unpaired) electrons. The Morgan fingerprint density at radius 1 is 0.471 bits per heavy atom. The number of benzene rings is 2. The summed E-state index contributed by atoms with van der Waals surface area (Å²) >= 11 is 0. The first-order chi connectivity index (χ1) is 48.6. The number of ether oxygens (including phenoxy) is 19. The molecule has 0 spiro atoms. The lowest BCUT2D eigenvalue weighted by Gasteiger charge is -2.51. The number of amides is 3. The minimum absolute atomic E-state index is 0.171. The molecule has 5 fully saturated rings. The molecule has 0 aromatic heterocycles. The number of hydrogen-bond acceptors (Lipinski definition) is 36. The number of carbonyl (C=O) groups is 5. The molecule has 43 heteroatoms. The molecule has 578 valence electrons. The van der Waals surface area contributed by atoms with Crippen molar-refractivity contribution < 1.29 is 179 Å². The summed E-state index contributed by atoms with van der Waals surface area (Å²) in [5.41, 5.74) is 1.20. The van der Waals surface area contributed by atoms with Gasteiger partial charge in [-0.3, -0.25) is 13.2 Å². The van der Waals surface area contributed by atoms with Crippen LogP contribution in [0.15, 0.2) is 60.7 Å². The van der Waals surface area contributed by atoms with E-state index < -0.39 is 250 Å². The van der Waals surface area contributed by atoms with Crippen molar-refractivity contribution in [2.45, 2.75) is 179 Å². The molecule has 5 aliphatic rings. The van der Waals surface area contributed by atoms with Gasteiger partial charge < -0.3 is 146 Å². The Labute approximate surface area is 584 Å². The van der Waals surface area contributed by atoms with Crippen LogP contribution in [0, 0.1) is 0 Å². The maximum Gasteiger partial charge on any atom is 0.408 e. The standard InChI is InChI=1S/C59H87N3O38S2/c1-80-37-30(19-20-60-51(67)29(62-59(73)89-25-28-17-13-10-14-18-28)21-61-58(72)88-24-27-15-11-9-12-16-27)91-33(26-90-101(74,75)76)39(45(37)100-102(77,78)79)95-57-50(87-8)41(83-4)43(46(99-57)52(68)69)96-54-35(66)34(65)36(31(22-63)92-54)94-56-49(86-7)42(84-5)44(47(98-56)53(70)71)97-55-48(85-6)40(82-3)38(81-2)32(23-64)93-55/h9-18,29-50,54-57,63-66H,19-26H2,1-8H3,(H,60,67)(H,61,72)(H,62,73)(H,68,69)(H,70,71)(H,74,75,76)(H,77,78,79)/p-2/t29-,30-,31-,32-,33-,34-,35-,36-,37+,38-,39-,40+,41+,42+,43+,44+,45-,46-,47+,48-,49-,50-,54-,55-,56-,57-/m1/s1. The van der Waals surface area contributed by atoms with Gasteiger partial charge in [-0.25, -0.2) is 36.0 Å². The van der Waals surface area contributed by atoms with Gasteiger partial charge in [0.25, 0.3) is 0 Å². The molecule has 2 aromatic carbocycles. The first kappa shape index (κ1) is 83.6. The molecule has 0 saturated carbocycles. The van der Waals surface area contributed by atoms with Crippen LogP contribution in [0.4, 0.5) is 9.59 Å². The Morgan fingerprint density at radius 3 is 1.35 bits per heavy atom. The molecule has 0 bridgehead atoms. The van der Waals surface area contributed by atoms with Crippen molar-refractivity contribution in [1.29, 1.82) is 0 Å². The third-order valence-electron chi connectivity index (χ3n) is 17.0. The van der Waals surface area contributed by atoms with E-state index in [1.165, 1.54) is 21.3 Å². The Morgan fingerprint density at radius 2 is 0.892 bits per heavy atom. The van der Waals surface area contributed by atoms with E-state index in [0.29, 0.717) is 11.1 Å². The highest BCUT2D eigenvalue weighted by Crippen LogP contribution is 2.40. The molecule has 7 rings (SSSR count). The van der Waals surface area contributed by atoms with Crippen LogP contribution in [0.1, 0.15) is 17.5 Å². The third kappa shape index (κ3) is 21.7. The van der Waals surface area contributed by atoms with Gasteiger partial charge in [-0.05, 0) is 17.5 Å². The van der Waals surface area contributed by atoms with E-state index in [0.717, 1.165) is 35.5 Å². The maximum absolute atomic E-state index is 13.9. The summed E-state index contributed by atoms with van der Waals surface area (Å²) < 4.78 is 193. The van der Waals surface area contributed by atoms with E-state index in [-0.39, 0.29) is 13.2 Å². The largest absolute Gasteiger partial charge is 0.726 e. The fourth-order valence-corrected chi connectivity index (χ4v) is 13.0. The molecule has 5 saturated heterocycles. The van der Waals surface area contributed by atoms with Crippen LogP contribution >= 0.6 is 0 Å². The van der Waals surface area contributed by atoms with Gasteiger partial charge in [0, 0.05) is 63.4 Å². The van der Waals surface area contributed by atoms with Gasteiger partial charge in [0.05, 0.1) is 32.5 Å². The number of nitrogens with one attached hydrogen (secondary N) is 3. The van der Waals surface area contributed by atoms with Crippen molar-refractivity contribution in [2.24, 2.45) is 0 Å². The van der Waals surface area contributed by atoms with E-state index >= 15 is 0 Å². The average molecular weight is 1510 g/mol. The maximum atomic E-state index is 13.9. The predicted molar refractivity (Wildman–Crippen MR) is 327 cm³/mol. The van der Waals surface area contributed by atoms with Crippen molar-refractivity contribution in [3.63, 3.8) is 0 Å². The number of aliphatic hydroxyl groups is 4. The smallest absolute Gasteiger partial charge is 0.408 e. The van der Waals surface area contributed by atoms with Crippen LogP contribution in [0.25, 0.3) is 0 Å².